The molecule has 0 spiro atoms. The summed E-state index contributed by atoms with van der Waals surface area (Å²) in [6.45, 7) is 6.01. The monoisotopic (exact) mass is 292 g/mol. The van der Waals surface area contributed by atoms with Gasteiger partial charge in [-0.1, -0.05) is 30.3 Å². The molecule has 0 radical (unpaired) electrons. The number of aromatic amines is 1. The van der Waals surface area contributed by atoms with Crippen LogP contribution in [0.4, 0.5) is 5.69 Å². The lowest BCUT2D eigenvalue weighted by molar-refractivity contribution is 0.0977. The number of Topliss-reactive ketones (excluding diaryl/α,β-unsaturated/α-hetero) is 1. The summed E-state index contributed by atoms with van der Waals surface area (Å²) in [7, 11) is 0. The van der Waals surface area contributed by atoms with Gasteiger partial charge in [-0.05, 0) is 44.0 Å². The van der Waals surface area contributed by atoms with Crippen LogP contribution in [0, 0.1) is 13.8 Å². The predicted octanol–water partition coefficient (Wildman–Crippen LogP) is 4.47. The zero-order chi connectivity index (χ0) is 15.7. The summed E-state index contributed by atoms with van der Waals surface area (Å²) >= 11 is 0. The second kappa shape index (κ2) is 5.68. The summed E-state index contributed by atoms with van der Waals surface area (Å²) in [6.07, 6.45) is 1.80. The molecule has 2 N–H and O–H groups in total. The molecule has 0 aliphatic heterocycles. The van der Waals surface area contributed by atoms with Crippen LogP contribution >= 0.6 is 0 Å². The van der Waals surface area contributed by atoms with Crippen LogP contribution in [0.2, 0.25) is 0 Å². The third-order valence-corrected chi connectivity index (χ3v) is 4.01. The van der Waals surface area contributed by atoms with Crippen molar-refractivity contribution in [3.63, 3.8) is 0 Å². The highest BCUT2D eigenvalue weighted by Crippen LogP contribution is 2.22. The van der Waals surface area contributed by atoms with Crippen LogP contribution in [0.25, 0.3) is 10.9 Å². The van der Waals surface area contributed by atoms with Crippen molar-refractivity contribution < 1.29 is 4.79 Å². The van der Waals surface area contributed by atoms with Crippen LogP contribution in [0.15, 0.2) is 48.7 Å². The molecule has 1 atom stereocenters. The van der Waals surface area contributed by atoms with Gasteiger partial charge in [-0.15, -0.1) is 0 Å². The molecule has 3 rings (SSSR count). The number of para-hydroxylation sites is 1. The fourth-order valence-electron chi connectivity index (χ4n) is 2.70. The van der Waals surface area contributed by atoms with E-state index in [2.05, 4.69) is 35.4 Å². The summed E-state index contributed by atoms with van der Waals surface area (Å²) in [4.78, 5) is 15.9. The number of anilines is 1. The highest BCUT2D eigenvalue weighted by atomic mass is 16.1. The third-order valence-electron chi connectivity index (χ3n) is 4.01. The molecule has 0 bridgehead atoms. The maximum absolute atomic E-state index is 12.7. The number of carbonyl (C=O) groups is 1. The zero-order valence-electron chi connectivity index (χ0n) is 13.1. The summed E-state index contributed by atoms with van der Waals surface area (Å²) in [5.74, 6) is 0.0957. The number of hydrogen-bond donors (Lipinski definition) is 2. The molecule has 112 valence electrons. The molecule has 1 aromatic heterocycles. The molecule has 3 aromatic rings. The summed E-state index contributed by atoms with van der Waals surface area (Å²) in [5.41, 5.74) is 5.07. The molecule has 0 amide bonds. The molecule has 0 aliphatic carbocycles. The number of rotatable bonds is 4. The maximum atomic E-state index is 12.7. The number of fused-ring (bicyclic) bond motifs is 1. The van der Waals surface area contributed by atoms with Gasteiger partial charge in [0.15, 0.2) is 5.78 Å². The highest BCUT2D eigenvalue weighted by Gasteiger charge is 2.19. The number of nitrogens with one attached hydrogen (secondary N) is 2. The van der Waals surface area contributed by atoms with Gasteiger partial charge in [0.1, 0.15) is 0 Å². The summed E-state index contributed by atoms with van der Waals surface area (Å²) < 4.78 is 0. The molecule has 0 unspecified atom stereocenters. The van der Waals surface area contributed by atoms with E-state index in [0.717, 1.165) is 27.7 Å². The Morgan fingerprint density at radius 1 is 1.14 bits per heavy atom. The fraction of sp³-hybridized carbons (Fsp3) is 0.211. The number of benzene rings is 2. The van der Waals surface area contributed by atoms with Crippen molar-refractivity contribution in [3.05, 3.63) is 65.4 Å². The van der Waals surface area contributed by atoms with Gasteiger partial charge in [0.25, 0.3) is 0 Å². The Bertz CT molecular complexity index is 832. The standard InChI is InChI=1S/C19H20N2O/c1-12-8-9-13(2)18(10-12)21-14(3)19(22)16-11-20-17-7-5-4-6-15(16)17/h4-11,14,20-21H,1-3H3/t14-/m1/s1. The van der Waals surface area contributed by atoms with E-state index in [4.69, 9.17) is 0 Å². The zero-order valence-corrected chi connectivity index (χ0v) is 13.1. The number of aromatic nitrogens is 1. The van der Waals surface area contributed by atoms with Crippen molar-refractivity contribution in [2.24, 2.45) is 0 Å². The van der Waals surface area contributed by atoms with E-state index in [1.54, 1.807) is 6.20 Å². The first-order chi connectivity index (χ1) is 10.6. The van der Waals surface area contributed by atoms with Crippen molar-refractivity contribution in [3.8, 4) is 0 Å². The second-order valence-electron chi connectivity index (χ2n) is 5.80. The molecular formula is C19H20N2O. The van der Waals surface area contributed by atoms with E-state index < -0.39 is 0 Å². The molecule has 1 heterocycles. The van der Waals surface area contributed by atoms with Gasteiger partial charge in [-0.25, -0.2) is 0 Å². The molecule has 0 saturated carbocycles. The second-order valence-corrected chi connectivity index (χ2v) is 5.80. The predicted molar refractivity (Wildman–Crippen MR) is 91.6 cm³/mol. The van der Waals surface area contributed by atoms with Crippen molar-refractivity contribution in [1.29, 1.82) is 0 Å². The molecule has 0 aliphatic rings. The van der Waals surface area contributed by atoms with E-state index in [1.807, 2.05) is 38.1 Å². The minimum absolute atomic E-state index is 0.0957. The van der Waals surface area contributed by atoms with Crippen LogP contribution in [0.1, 0.15) is 28.4 Å². The number of aryl methyl sites for hydroxylation is 2. The molecular weight excluding hydrogens is 272 g/mol. The van der Waals surface area contributed by atoms with Crippen LogP contribution in [0.3, 0.4) is 0 Å². The number of hydrogen-bond acceptors (Lipinski definition) is 2. The quantitative estimate of drug-likeness (QED) is 0.697. The Morgan fingerprint density at radius 3 is 2.73 bits per heavy atom. The van der Waals surface area contributed by atoms with Gasteiger partial charge in [-0.3, -0.25) is 4.79 Å². The normalized spacial score (nSPS) is 12.3. The molecule has 0 saturated heterocycles. The lowest BCUT2D eigenvalue weighted by Crippen LogP contribution is -2.26. The molecule has 22 heavy (non-hydrogen) atoms. The van der Waals surface area contributed by atoms with Crippen LogP contribution in [0.5, 0.6) is 0 Å². The smallest absolute Gasteiger partial charge is 0.186 e. The Hall–Kier alpha value is -2.55. The average molecular weight is 292 g/mol. The van der Waals surface area contributed by atoms with Crippen molar-refractivity contribution >= 4 is 22.4 Å². The number of H-pyrrole nitrogens is 1. The maximum Gasteiger partial charge on any atom is 0.186 e. The van der Waals surface area contributed by atoms with Gasteiger partial charge in [-0.2, -0.15) is 0 Å². The van der Waals surface area contributed by atoms with Gasteiger partial charge in [0, 0.05) is 28.4 Å². The van der Waals surface area contributed by atoms with Gasteiger partial charge < -0.3 is 10.3 Å². The lowest BCUT2D eigenvalue weighted by atomic mass is 10.0. The summed E-state index contributed by atoms with van der Waals surface area (Å²) in [5, 5.41) is 4.31. The van der Waals surface area contributed by atoms with Crippen LogP contribution < -0.4 is 5.32 Å². The Morgan fingerprint density at radius 2 is 1.91 bits per heavy atom. The van der Waals surface area contributed by atoms with Crippen molar-refractivity contribution in [1.82, 2.24) is 4.98 Å². The minimum Gasteiger partial charge on any atom is -0.375 e. The van der Waals surface area contributed by atoms with E-state index in [-0.39, 0.29) is 11.8 Å². The Kier molecular flexibility index (Phi) is 3.72. The first-order valence-corrected chi connectivity index (χ1v) is 7.50. The number of ketones is 1. The summed E-state index contributed by atoms with van der Waals surface area (Å²) in [6, 6.07) is 13.8. The SMILES string of the molecule is Cc1ccc(C)c(N[C@H](C)C(=O)c2c[nH]c3ccccc23)c1. The van der Waals surface area contributed by atoms with Gasteiger partial charge >= 0.3 is 0 Å². The largest absolute Gasteiger partial charge is 0.375 e. The minimum atomic E-state index is -0.278. The average Bonchev–Trinajstić information content (AvgIpc) is 2.94. The van der Waals surface area contributed by atoms with E-state index in [9.17, 15) is 4.79 Å². The van der Waals surface area contributed by atoms with E-state index in [0.29, 0.717) is 0 Å². The van der Waals surface area contributed by atoms with E-state index in [1.165, 1.54) is 5.56 Å². The highest BCUT2D eigenvalue weighted by molar-refractivity contribution is 6.11. The Labute approximate surface area is 130 Å². The van der Waals surface area contributed by atoms with Crippen molar-refractivity contribution in [2.45, 2.75) is 26.8 Å². The van der Waals surface area contributed by atoms with Crippen LogP contribution in [-0.2, 0) is 0 Å². The first-order valence-electron chi connectivity index (χ1n) is 7.50. The van der Waals surface area contributed by atoms with Crippen LogP contribution in [-0.4, -0.2) is 16.8 Å². The molecule has 3 nitrogen and oxygen atoms in total. The number of carbonyl (C=O) groups excluding carboxylic acids is 1. The molecule has 0 fully saturated rings. The Balaban J connectivity index is 1.87. The lowest BCUT2D eigenvalue weighted by Gasteiger charge is -2.16. The van der Waals surface area contributed by atoms with Crippen molar-refractivity contribution in [2.75, 3.05) is 5.32 Å². The van der Waals surface area contributed by atoms with Gasteiger partial charge in [0.2, 0.25) is 0 Å². The fourth-order valence-corrected chi connectivity index (χ4v) is 2.70. The van der Waals surface area contributed by atoms with E-state index >= 15 is 0 Å². The molecule has 3 heteroatoms. The van der Waals surface area contributed by atoms with Gasteiger partial charge in [0.05, 0.1) is 6.04 Å². The first kappa shape index (κ1) is 14.4. The third kappa shape index (κ3) is 2.62. The molecule has 2 aromatic carbocycles. The topological polar surface area (TPSA) is 44.9 Å².